The first-order valence-corrected chi connectivity index (χ1v) is 5.87. The Morgan fingerprint density at radius 1 is 1.00 bits per heavy atom. The van der Waals surface area contributed by atoms with E-state index in [-0.39, 0.29) is 0 Å². The van der Waals surface area contributed by atoms with Gasteiger partial charge in [0.05, 0.1) is 32.0 Å². The molecule has 90 valence electrons. The minimum absolute atomic E-state index is 0.370. The van der Waals surface area contributed by atoms with Gasteiger partial charge in [-0.2, -0.15) is 0 Å². The molecule has 0 aromatic rings. The maximum Gasteiger partial charge on any atom is 0.0704 e. The van der Waals surface area contributed by atoms with E-state index in [1.165, 1.54) is 0 Å². The van der Waals surface area contributed by atoms with E-state index in [0.717, 1.165) is 25.9 Å². The van der Waals surface area contributed by atoms with Gasteiger partial charge in [0, 0.05) is 13.2 Å². The van der Waals surface area contributed by atoms with E-state index < -0.39 is 0 Å². The lowest BCUT2D eigenvalue weighted by Crippen LogP contribution is -2.39. The fourth-order valence-corrected chi connectivity index (χ4v) is 1.54. The SMILES string of the molecule is CCCOCCO[C@H]1C[C@H](OCCN)C1. The van der Waals surface area contributed by atoms with Crippen LogP contribution in [0.25, 0.3) is 0 Å². The van der Waals surface area contributed by atoms with Crippen molar-refractivity contribution in [3.05, 3.63) is 0 Å². The van der Waals surface area contributed by atoms with Crippen molar-refractivity contribution in [2.75, 3.05) is 33.0 Å². The molecule has 0 saturated heterocycles. The van der Waals surface area contributed by atoms with E-state index in [2.05, 4.69) is 6.92 Å². The standard InChI is InChI=1S/C11H23NO3/c1-2-4-13-6-7-15-11-8-10(9-11)14-5-3-12/h10-11H,2-9,12H2,1H3/t10-,11-. The van der Waals surface area contributed by atoms with Crippen LogP contribution in [0, 0.1) is 0 Å². The predicted octanol–water partition coefficient (Wildman–Crippen LogP) is 0.936. The number of hydrogen-bond acceptors (Lipinski definition) is 4. The zero-order valence-electron chi connectivity index (χ0n) is 9.61. The summed E-state index contributed by atoms with van der Waals surface area (Å²) in [5.41, 5.74) is 5.34. The van der Waals surface area contributed by atoms with Gasteiger partial charge in [-0.25, -0.2) is 0 Å². The molecule has 0 aromatic heterocycles. The van der Waals surface area contributed by atoms with Gasteiger partial charge in [-0.1, -0.05) is 6.92 Å². The van der Waals surface area contributed by atoms with Crippen LogP contribution in [0.4, 0.5) is 0 Å². The summed E-state index contributed by atoms with van der Waals surface area (Å²) < 4.78 is 16.4. The summed E-state index contributed by atoms with van der Waals surface area (Å²) in [6.45, 7) is 5.61. The average Bonchev–Trinajstić information content (AvgIpc) is 2.19. The Morgan fingerprint density at radius 3 is 2.27 bits per heavy atom. The molecule has 2 N–H and O–H groups in total. The summed E-state index contributed by atoms with van der Waals surface area (Å²) in [7, 11) is 0. The zero-order valence-corrected chi connectivity index (χ0v) is 9.61. The molecule has 4 heteroatoms. The summed E-state index contributed by atoms with van der Waals surface area (Å²) in [6.07, 6.45) is 3.83. The fourth-order valence-electron chi connectivity index (χ4n) is 1.54. The molecule has 0 amide bonds. The third-order valence-corrected chi connectivity index (χ3v) is 2.45. The first-order chi connectivity index (χ1) is 7.36. The van der Waals surface area contributed by atoms with Crippen LogP contribution in [0.1, 0.15) is 26.2 Å². The van der Waals surface area contributed by atoms with E-state index in [1.54, 1.807) is 0 Å². The Morgan fingerprint density at radius 2 is 1.67 bits per heavy atom. The van der Waals surface area contributed by atoms with Crippen LogP contribution in [-0.2, 0) is 14.2 Å². The van der Waals surface area contributed by atoms with Crippen molar-refractivity contribution in [3.63, 3.8) is 0 Å². The Hall–Kier alpha value is -0.160. The molecule has 0 atom stereocenters. The van der Waals surface area contributed by atoms with Gasteiger partial charge in [-0.05, 0) is 19.3 Å². The maximum atomic E-state index is 5.60. The summed E-state index contributed by atoms with van der Waals surface area (Å²) in [4.78, 5) is 0. The van der Waals surface area contributed by atoms with Crippen molar-refractivity contribution in [1.29, 1.82) is 0 Å². The fraction of sp³-hybridized carbons (Fsp3) is 1.00. The topological polar surface area (TPSA) is 53.7 Å². The van der Waals surface area contributed by atoms with E-state index >= 15 is 0 Å². The number of nitrogens with two attached hydrogens (primary N) is 1. The molecular weight excluding hydrogens is 194 g/mol. The van der Waals surface area contributed by atoms with Gasteiger partial charge < -0.3 is 19.9 Å². The third kappa shape index (κ3) is 5.47. The van der Waals surface area contributed by atoms with Gasteiger partial charge in [0.25, 0.3) is 0 Å². The Balaban J connectivity index is 1.81. The highest BCUT2D eigenvalue weighted by Gasteiger charge is 2.30. The van der Waals surface area contributed by atoms with Crippen LogP contribution >= 0.6 is 0 Å². The van der Waals surface area contributed by atoms with E-state index in [1.807, 2.05) is 0 Å². The van der Waals surface area contributed by atoms with Crippen LogP contribution in [0.2, 0.25) is 0 Å². The molecule has 0 unspecified atom stereocenters. The monoisotopic (exact) mass is 217 g/mol. The highest BCUT2D eigenvalue weighted by Crippen LogP contribution is 2.25. The van der Waals surface area contributed by atoms with Gasteiger partial charge >= 0.3 is 0 Å². The Kier molecular flexibility index (Phi) is 6.92. The van der Waals surface area contributed by atoms with Gasteiger partial charge in [0.2, 0.25) is 0 Å². The molecule has 0 heterocycles. The van der Waals surface area contributed by atoms with Gasteiger partial charge in [-0.15, -0.1) is 0 Å². The van der Waals surface area contributed by atoms with Crippen LogP contribution in [0.5, 0.6) is 0 Å². The second-order valence-electron chi connectivity index (χ2n) is 3.86. The molecule has 0 bridgehead atoms. The van der Waals surface area contributed by atoms with Crippen LogP contribution in [-0.4, -0.2) is 45.2 Å². The van der Waals surface area contributed by atoms with Crippen molar-refractivity contribution < 1.29 is 14.2 Å². The lowest BCUT2D eigenvalue weighted by Gasteiger charge is -2.34. The number of rotatable bonds is 9. The molecule has 0 aromatic carbocycles. The predicted molar refractivity (Wildman–Crippen MR) is 58.9 cm³/mol. The lowest BCUT2D eigenvalue weighted by molar-refractivity contribution is -0.108. The van der Waals surface area contributed by atoms with E-state index in [0.29, 0.717) is 38.6 Å². The largest absolute Gasteiger partial charge is 0.379 e. The Labute approximate surface area is 92.1 Å². The van der Waals surface area contributed by atoms with Crippen molar-refractivity contribution >= 4 is 0 Å². The quantitative estimate of drug-likeness (QED) is 0.584. The normalized spacial score (nSPS) is 25.2. The van der Waals surface area contributed by atoms with Crippen molar-refractivity contribution in [3.8, 4) is 0 Å². The van der Waals surface area contributed by atoms with Crippen LogP contribution in [0.15, 0.2) is 0 Å². The van der Waals surface area contributed by atoms with E-state index in [4.69, 9.17) is 19.9 Å². The molecule has 15 heavy (non-hydrogen) atoms. The smallest absolute Gasteiger partial charge is 0.0704 e. The van der Waals surface area contributed by atoms with Crippen LogP contribution < -0.4 is 5.73 Å². The maximum absolute atomic E-state index is 5.60. The summed E-state index contributed by atoms with van der Waals surface area (Å²) in [5.74, 6) is 0. The lowest BCUT2D eigenvalue weighted by atomic mass is 9.92. The second-order valence-corrected chi connectivity index (χ2v) is 3.86. The first kappa shape index (κ1) is 12.9. The van der Waals surface area contributed by atoms with Crippen LogP contribution in [0.3, 0.4) is 0 Å². The number of hydrogen-bond donors (Lipinski definition) is 1. The average molecular weight is 217 g/mol. The molecule has 1 aliphatic carbocycles. The van der Waals surface area contributed by atoms with Gasteiger partial charge in [-0.3, -0.25) is 0 Å². The molecule has 0 aliphatic heterocycles. The second kappa shape index (κ2) is 8.05. The highest BCUT2D eigenvalue weighted by atomic mass is 16.5. The molecule has 0 spiro atoms. The van der Waals surface area contributed by atoms with Gasteiger partial charge in [0.15, 0.2) is 0 Å². The molecule has 1 rings (SSSR count). The Bertz CT molecular complexity index is 149. The van der Waals surface area contributed by atoms with Crippen molar-refractivity contribution in [1.82, 2.24) is 0 Å². The first-order valence-electron chi connectivity index (χ1n) is 5.87. The molecule has 4 nitrogen and oxygen atoms in total. The summed E-state index contributed by atoms with van der Waals surface area (Å²) in [5, 5.41) is 0. The molecular formula is C11H23NO3. The van der Waals surface area contributed by atoms with E-state index in [9.17, 15) is 0 Å². The molecule has 1 fully saturated rings. The minimum atomic E-state index is 0.370. The molecule has 1 saturated carbocycles. The molecule has 1 aliphatic rings. The highest BCUT2D eigenvalue weighted by molar-refractivity contribution is 4.81. The van der Waals surface area contributed by atoms with Crippen molar-refractivity contribution in [2.24, 2.45) is 5.73 Å². The third-order valence-electron chi connectivity index (χ3n) is 2.45. The number of ether oxygens (including phenoxy) is 3. The summed E-state index contributed by atoms with van der Waals surface area (Å²) >= 11 is 0. The zero-order chi connectivity index (χ0) is 10.9. The summed E-state index contributed by atoms with van der Waals surface area (Å²) in [6, 6.07) is 0. The van der Waals surface area contributed by atoms with Gasteiger partial charge in [0.1, 0.15) is 0 Å². The molecule has 0 radical (unpaired) electrons. The van der Waals surface area contributed by atoms with Crippen molar-refractivity contribution in [2.45, 2.75) is 38.4 Å². The minimum Gasteiger partial charge on any atom is -0.379 e.